The zero-order valence-electron chi connectivity index (χ0n) is 12.8. The Labute approximate surface area is 144 Å². The molecule has 0 aliphatic heterocycles. The molecule has 3 N–H and O–H groups in total. The van der Waals surface area contributed by atoms with Crippen LogP contribution in [0.2, 0.25) is 0 Å². The molecule has 0 radical (unpaired) electrons. The summed E-state index contributed by atoms with van der Waals surface area (Å²) in [5.41, 5.74) is 6.56. The van der Waals surface area contributed by atoms with E-state index >= 15 is 0 Å². The van der Waals surface area contributed by atoms with Crippen LogP contribution in [0.15, 0.2) is 14.3 Å². The van der Waals surface area contributed by atoms with Gasteiger partial charge in [0.25, 0.3) is 5.91 Å². The Morgan fingerprint density at radius 1 is 1.42 bits per heavy atom. The predicted molar refractivity (Wildman–Crippen MR) is 87.2 cm³/mol. The van der Waals surface area contributed by atoms with Crippen LogP contribution < -0.4 is 11.1 Å². The number of nitrogens with two attached hydrogens (primary N) is 1. The molecule has 0 saturated carbocycles. The molecule has 2 amide bonds. The SMILES string of the molecule is CCOC(=O)c1c(C)oc(NC(=O)CSc2nncs2)c1C(N)=O. The van der Waals surface area contributed by atoms with Crippen molar-refractivity contribution in [2.24, 2.45) is 5.73 Å². The molecule has 0 aromatic carbocycles. The lowest BCUT2D eigenvalue weighted by Crippen LogP contribution is -2.21. The van der Waals surface area contributed by atoms with E-state index in [0.717, 1.165) is 0 Å². The van der Waals surface area contributed by atoms with Gasteiger partial charge in [-0.25, -0.2) is 4.79 Å². The van der Waals surface area contributed by atoms with Gasteiger partial charge in [-0.05, 0) is 13.8 Å². The zero-order valence-corrected chi connectivity index (χ0v) is 14.5. The molecule has 0 aliphatic rings. The number of nitrogens with zero attached hydrogens (tertiary/aromatic N) is 2. The largest absolute Gasteiger partial charge is 0.462 e. The van der Waals surface area contributed by atoms with Crippen molar-refractivity contribution in [2.75, 3.05) is 17.7 Å². The molecule has 9 nitrogen and oxygen atoms in total. The molecule has 11 heteroatoms. The summed E-state index contributed by atoms with van der Waals surface area (Å²) in [4.78, 5) is 35.6. The quantitative estimate of drug-likeness (QED) is 0.552. The first-order valence-corrected chi connectivity index (χ1v) is 8.59. The van der Waals surface area contributed by atoms with Gasteiger partial charge in [-0.1, -0.05) is 23.1 Å². The average molecular weight is 370 g/mol. The number of esters is 1. The predicted octanol–water partition coefficient (Wildman–Crippen LogP) is 1.45. The highest BCUT2D eigenvalue weighted by Crippen LogP contribution is 2.28. The standard InChI is InChI=1S/C13H14N4O5S2/c1-3-21-12(20)8-6(2)22-11(9(8)10(14)19)16-7(18)4-23-13-17-15-5-24-13/h5H,3-4H2,1-2H3,(H2,14,19)(H,16,18). The van der Waals surface area contributed by atoms with Crippen molar-refractivity contribution in [2.45, 2.75) is 18.2 Å². The van der Waals surface area contributed by atoms with Crippen LogP contribution >= 0.6 is 23.1 Å². The van der Waals surface area contributed by atoms with Crippen LogP contribution in [0.1, 0.15) is 33.4 Å². The Bertz CT molecular complexity index is 757. The minimum absolute atomic E-state index is 0.0296. The number of furan rings is 1. The normalized spacial score (nSPS) is 10.4. The second-order valence-corrected chi connectivity index (χ2v) is 6.42. The van der Waals surface area contributed by atoms with Gasteiger partial charge in [-0.2, -0.15) is 0 Å². The van der Waals surface area contributed by atoms with E-state index in [4.69, 9.17) is 14.9 Å². The summed E-state index contributed by atoms with van der Waals surface area (Å²) in [6, 6.07) is 0. The molecular weight excluding hydrogens is 356 g/mol. The summed E-state index contributed by atoms with van der Waals surface area (Å²) in [6.07, 6.45) is 0. The van der Waals surface area contributed by atoms with Gasteiger partial charge in [0.2, 0.25) is 11.8 Å². The number of amides is 2. The molecule has 2 rings (SSSR count). The number of thioether (sulfide) groups is 1. The fourth-order valence-electron chi connectivity index (χ4n) is 1.83. The highest BCUT2D eigenvalue weighted by atomic mass is 32.2. The number of ether oxygens (including phenoxy) is 1. The van der Waals surface area contributed by atoms with Gasteiger partial charge in [0, 0.05) is 0 Å². The number of carbonyl (C=O) groups excluding carboxylic acids is 3. The smallest absolute Gasteiger partial charge is 0.342 e. The van der Waals surface area contributed by atoms with Crippen LogP contribution in [0, 0.1) is 6.92 Å². The lowest BCUT2D eigenvalue weighted by molar-refractivity contribution is -0.113. The molecular formula is C13H14N4O5S2. The number of carbonyl (C=O) groups is 3. The molecule has 0 atom stereocenters. The third kappa shape index (κ3) is 4.11. The Morgan fingerprint density at radius 3 is 2.75 bits per heavy atom. The molecule has 2 aromatic rings. The molecule has 0 spiro atoms. The third-order valence-corrected chi connectivity index (χ3v) is 4.59. The second kappa shape index (κ2) is 7.93. The Hall–Kier alpha value is -2.40. The topological polar surface area (TPSA) is 137 Å². The number of primary amides is 1. The fraction of sp³-hybridized carbons (Fsp3) is 0.308. The number of hydrogen-bond acceptors (Lipinski definition) is 9. The van der Waals surface area contributed by atoms with Gasteiger partial charge in [-0.3, -0.25) is 14.9 Å². The maximum absolute atomic E-state index is 12.0. The van der Waals surface area contributed by atoms with E-state index < -0.39 is 17.8 Å². The molecule has 2 heterocycles. The monoisotopic (exact) mass is 370 g/mol. The molecule has 128 valence electrons. The van der Waals surface area contributed by atoms with Crippen molar-refractivity contribution in [1.29, 1.82) is 0 Å². The highest BCUT2D eigenvalue weighted by Gasteiger charge is 2.29. The summed E-state index contributed by atoms with van der Waals surface area (Å²) < 4.78 is 10.8. The number of rotatable bonds is 7. The first-order chi connectivity index (χ1) is 11.4. The molecule has 2 aromatic heterocycles. The summed E-state index contributed by atoms with van der Waals surface area (Å²) in [7, 11) is 0. The van der Waals surface area contributed by atoms with Crippen molar-refractivity contribution in [1.82, 2.24) is 10.2 Å². The number of hydrogen-bond donors (Lipinski definition) is 2. The van der Waals surface area contributed by atoms with E-state index in [9.17, 15) is 14.4 Å². The van der Waals surface area contributed by atoms with E-state index in [1.54, 1.807) is 12.4 Å². The molecule has 0 bridgehead atoms. The Balaban J connectivity index is 2.17. The Morgan fingerprint density at radius 2 is 2.17 bits per heavy atom. The van der Waals surface area contributed by atoms with Crippen molar-refractivity contribution in [3.63, 3.8) is 0 Å². The third-order valence-electron chi connectivity index (χ3n) is 2.73. The average Bonchev–Trinajstić information content (AvgIpc) is 3.12. The van der Waals surface area contributed by atoms with E-state index in [2.05, 4.69) is 15.5 Å². The van der Waals surface area contributed by atoms with Gasteiger partial charge in [0.15, 0.2) is 4.34 Å². The molecule has 0 saturated heterocycles. The van der Waals surface area contributed by atoms with Crippen LogP contribution in [0.5, 0.6) is 0 Å². The fourth-order valence-corrected chi connectivity index (χ4v) is 3.12. The maximum atomic E-state index is 12.0. The minimum atomic E-state index is -0.901. The lowest BCUT2D eigenvalue weighted by atomic mass is 10.1. The van der Waals surface area contributed by atoms with Gasteiger partial charge in [-0.15, -0.1) is 10.2 Å². The Kier molecular flexibility index (Phi) is 5.93. The molecule has 24 heavy (non-hydrogen) atoms. The summed E-state index contributed by atoms with van der Waals surface area (Å²) in [5.74, 6) is -2.10. The molecule has 0 unspecified atom stereocenters. The van der Waals surface area contributed by atoms with Crippen LogP contribution in [0.25, 0.3) is 0 Å². The maximum Gasteiger partial charge on any atom is 0.342 e. The van der Waals surface area contributed by atoms with E-state index in [1.165, 1.54) is 30.0 Å². The van der Waals surface area contributed by atoms with Crippen molar-refractivity contribution in [3.05, 3.63) is 22.4 Å². The minimum Gasteiger partial charge on any atom is -0.462 e. The van der Waals surface area contributed by atoms with Crippen molar-refractivity contribution >= 4 is 46.8 Å². The number of aromatic nitrogens is 2. The van der Waals surface area contributed by atoms with Crippen LogP contribution in [0.3, 0.4) is 0 Å². The number of nitrogens with one attached hydrogen (secondary N) is 1. The van der Waals surface area contributed by atoms with Crippen molar-refractivity contribution in [3.8, 4) is 0 Å². The molecule has 0 fully saturated rings. The van der Waals surface area contributed by atoms with Gasteiger partial charge in [0.05, 0.1) is 12.4 Å². The summed E-state index contributed by atoms with van der Waals surface area (Å²) in [6.45, 7) is 3.23. The first kappa shape index (κ1) is 17.9. The summed E-state index contributed by atoms with van der Waals surface area (Å²) in [5, 5.41) is 9.89. The summed E-state index contributed by atoms with van der Waals surface area (Å²) >= 11 is 2.47. The van der Waals surface area contributed by atoms with Gasteiger partial charge in [0.1, 0.15) is 22.4 Å². The molecule has 0 aliphatic carbocycles. The van der Waals surface area contributed by atoms with E-state index in [-0.39, 0.29) is 35.1 Å². The number of anilines is 1. The lowest BCUT2D eigenvalue weighted by Gasteiger charge is -2.04. The highest BCUT2D eigenvalue weighted by molar-refractivity contribution is 8.01. The second-order valence-electron chi connectivity index (χ2n) is 4.36. The first-order valence-electron chi connectivity index (χ1n) is 6.73. The van der Waals surface area contributed by atoms with Crippen LogP contribution in [0.4, 0.5) is 5.88 Å². The van der Waals surface area contributed by atoms with Crippen LogP contribution in [-0.4, -0.2) is 40.3 Å². The van der Waals surface area contributed by atoms with E-state index in [0.29, 0.717) is 4.34 Å². The zero-order chi connectivity index (χ0) is 17.7. The van der Waals surface area contributed by atoms with E-state index in [1.807, 2.05) is 0 Å². The number of aryl methyl sites for hydroxylation is 1. The van der Waals surface area contributed by atoms with Gasteiger partial charge < -0.3 is 14.9 Å². The van der Waals surface area contributed by atoms with Crippen molar-refractivity contribution < 1.29 is 23.5 Å². The van der Waals surface area contributed by atoms with Crippen LogP contribution in [-0.2, 0) is 9.53 Å². The van der Waals surface area contributed by atoms with Gasteiger partial charge >= 0.3 is 5.97 Å².